The van der Waals surface area contributed by atoms with E-state index >= 15 is 0 Å². The summed E-state index contributed by atoms with van der Waals surface area (Å²) in [6, 6.07) is 13.7. The second-order valence-corrected chi connectivity index (χ2v) is 5.69. The van der Waals surface area contributed by atoms with Crippen LogP contribution in [0.15, 0.2) is 47.8 Å². The maximum absolute atomic E-state index is 5.35. The van der Waals surface area contributed by atoms with Crippen molar-refractivity contribution in [3.63, 3.8) is 0 Å². The number of ether oxygens (including phenoxy) is 3. The third-order valence-corrected chi connectivity index (χ3v) is 4.41. The lowest BCUT2D eigenvalue weighted by molar-refractivity contribution is 0.355. The number of rotatable bonds is 5. The Hall–Kier alpha value is -2.53. The van der Waals surface area contributed by atoms with Gasteiger partial charge in [0.25, 0.3) is 0 Å². The van der Waals surface area contributed by atoms with Gasteiger partial charge in [-0.3, -0.25) is 0 Å². The summed E-state index contributed by atoms with van der Waals surface area (Å²) >= 11 is 1.61. The summed E-state index contributed by atoms with van der Waals surface area (Å²) in [5.41, 5.74) is 2.99. The summed E-state index contributed by atoms with van der Waals surface area (Å²) in [5, 5.41) is 3.01. The zero-order valence-corrected chi connectivity index (χ0v) is 14.0. The third-order valence-electron chi connectivity index (χ3n) is 3.52. The highest BCUT2D eigenvalue weighted by atomic mass is 32.1. The molecule has 0 saturated carbocycles. The van der Waals surface area contributed by atoms with Crippen LogP contribution in [-0.2, 0) is 0 Å². The van der Waals surface area contributed by atoms with Crippen LogP contribution in [0.3, 0.4) is 0 Å². The highest BCUT2D eigenvalue weighted by Gasteiger charge is 2.10. The third kappa shape index (κ3) is 3.14. The Labute approximate surface area is 139 Å². The van der Waals surface area contributed by atoms with Crippen molar-refractivity contribution in [3.8, 4) is 39.1 Å². The summed E-state index contributed by atoms with van der Waals surface area (Å²) < 4.78 is 15.8. The van der Waals surface area contributed by atoms with Crippen molar-refractivity contribution >= 4 is 11.3 Å². The van der Waals surface area contributed by atoms with Gasteiger partial charge in [0, 0.05) is 16.5 Å². The molecule has 2 aromatic carbocycles. The van der Waals surface area contributed by atoms with Crippen LogP contribution in [0.1, 0.15) is 0 Å². The highest BCUT2D eigenvalue weighted by molar-refractivity contribution is 7.13. The first-order valence-electron chi connectivity index (χ1n) is 7.07. The topological polar surface area (TPSA) is 40.6 Å². The Morgan fingerprint density at radius 1 is 0.783 bits per heavy atom. The SMILES string of the molecule is COc1ccc(-c2nc(-c3ccc(OC)c(OC)c3)cs2)cc1. The average Bonchev–Trinajstić information content (AvgIpc) is 3.11. The molecule has 0 atom stereocenters. The van der Waals surface area contributed by atoms with E-state index < -0.39 is 0 Å². The Morgan fingerprint density at radius 3 is 2.13 bits per heavy atom. The zero-order valence-electron chi connectivity index (χ0n) is 13.2. The fraction of sp³-hybridized carbons (Fsp3) is 0.167. The first-order valence-corrected chi connectivity index (χ1v) is 7.95. The Balaban J connectivity index is 1.92. The fourth-order valence-electron chi connectivity index (χ4n) is 2.27. The minimum atomic E-state index is 0.698. The number of hydrogen-bond donors (Lipinski definition) is 0. The lowest BCUT2D eigenvalue weighted by Crippen LogP contribution is -1.91. The van der Waals surface area contributed by atoms with Crippen LogP contribution in [0.4, 0.5) is 0 Å². The number of nitrogens with zero attached hydrogens (tertiary/aromatic N) is 1. The molecule has 3 aromatic rings. The minimum Gasteiger partial charge on any atom is -0.497 e. The number of hydrogen-bond acceptors (Lipinski definition) is 5. The molecule has 0 saturated heterocycles. The Morgan fingerprint density at radius 2 is 1.48 bits per heavy atom. The van der Waals surface area contributed by atoms with E-state index in [1.54, 1.807) is 32.7 Å². The van der Waals surface area contributed by atoms with Gasteiger partial charge in [0.2, 0.25) is 0 Å². The van der Waals surface area contributed by atoms with Crippen LogP contribution < -0.4 is 14.2 Å². The van der Waals surface area contributed by atoms with Crippen LogP contribution in [0.25, 0.3) is 21.8 Å². The van der Waals surface area contributed by atoms with E-state index in [0.29, 0.717) is 11.5 Å². The predicted octanol–water partition coefficient (Wildman–Crippen LogP) is 4.50. The second kappa shape index (κ2) is 6.71. The summed E-state index contributed by atoms with van der Waals surface area (Å²) in [5.74, 6) is 2.25. The van der Waals surface area contributed by atoms with Crippen molar-refractivity contribution in [3.05, 3.63) is 47.8 Å². The normalized spacial score (nSPS) is 10.4. The summed E-state index contributed by atoms with van der Waals surface area (Å²) in [7, 11) is 4.92. The van der Waals surface area contributed by atoms with Crippen molar-refractivity contribution in [2.45, 2.75) is 0 Å². The van der Waals surface area contributed by atoms with Crippen molar-refractivity contribution in [1.29, 1.82) is 0 Å². The van der Waals surface area contributed by atoms with Crippen LogP contribution >= 0.6 is 11.3 Å². The zero-order chi connectivity index (χ0) is 16.2. The maximum atomic E-state index is 5.35. The largest absolute Gasteiger partial charge is 0.497 e. The average molecular weight is 327 g/mol. The minimum absolute atomic E-state index is 0.698. The summed E-state index contributed by atoms with van der Waals surface area (Å²) in [6.45, 7) is 0. The van der Waals surface area contributed by atoms with Gasteiger partial charge < -0.3 is 14.2 Å². The molecule has 5 heteroatoms. The molecule has 0 bridgehead atoms. The van der Waals surface area contributed by atoms with Gasteiger partial charge in [-0.15, -0.1) is 11.3 Å². The molecule has 0 radical (unpaired) electrons. The predicted molar refractivity (Wildman–Crippen MR) is 92.6 cm³/mol. The molecule has 1 heterocycles. The van der Waals surface area contributed by atoms with Gasteiger partial charge >= 0.3 is 0 Å². The molecule has 0 spiro atoms. The quantitative estimate of drug-likeness (QED) is 0.691. The van der Waals surface area contributed by atoms with Gasteiger partial charge in [-0.1, -0.05) is 0 Å². The Kier molecular flexibility index (Phi) is 4.48. The number of thiazole rings is 1. The molecule has 4 nitrogen and oxygen atoms in total. The lowest BCUT2D eigenvalue weighted by Gasteiger charge is -2.08. The van der Waals surface area contributed by atoms with Crippen molar-refractivity contribution in [2.24, 2.45) is 0 Å². The fourth-order valence-corrected chi connectivity index (χ4v) is 3.10. The van der Waals surface area contributed by atoms with Crippen molar-refractivity contribution < 1.29 is 14.2 Å². The smallest absolute Gasteiger partial charge is 0.161 e. The Bertz CT molecular complexity index is 796. The van der Waals surface area contributed by atoms with Crippen LogP contribution in [0.2, 0.25) is 0 Å². The van der Waals surface area contributed by atoms with Gasteiger partial charge in [0.1, 0.15) is 10.8 Å². The van der Waals surface area contributed by atoms with E-state index in [2.05, 4.69) is 0 Å². The first-order chi connectivity index (χ1) is 11.2. The van der Waals surface area contributed by atoms with Gasteiger partial charge in [-0.05, 0) is 42.5 Å². The van der Waals surface area contributed by atoms with Crippen molar-refractivity contribution in [2.75, 3.05) is 21.3 Å². The van der Waals surface area contributed by atoms with Crippen LogP contribution in [-0.4, -0.2) is 26.3 Å². The molecule has 0 aliphatic rings. The molecule has 3 rings (SSSR count). The molecule has 1 aromatic heterocycles. The molecule has 0 fully saturated rings. The molecule has 0 aliphatic carbocycles. The van der Waals surface area contributed by atoms with Crippen LogP contribution in [0, 0.1) is 0 Å². The molecular weight excluding hydrogens is 310 g/mol. The standard InChI is InChI=1S/C18H17NO3S/c1-20-14-7-4-12(5-8-14)18-19-15(11-23-18)13-6-9-16(21-2)17(10-13)22-3/h4-11H,1-3H3. The number of aromatic nitrogens is 1. The molecule has 0 N–H and O–H groups in total. The number of methoxy groups -OCH3 is 3. The molecule has 0 unspecified atom stereocenters. The van der Waals surface area contributed by atoms with E-state index in [4.69, 9.17) is 19.2 Å². The monoisotopic (exact) mass is 327 g/mol. The van der Waals surface area contributed by atoms with E-state index in [0.717, 1.165) is 27.6 Å². The first kappa shape index (κ1) is 15.4. The molecule has 23 heavy (non-hydrogen) atoms. The highest BCUT2D eigenvalue weighted by Crippen LogP contribution is 2.34. The van der Waals surface area contributed by atoms with Crippen molar-refractivity contribution in [1.82, 2.24) is 4.98 Å². The summed E-state index contributed by atoms with van der Waals surface area (Å²) in [4.78, 5) is 4.72. The molecule has 118 valence electrons. The van der Waals surface area contributed by atoms with Gasteiger partial charge in [0.15, 0.2) is 11.5 Å². The lowest BCUT2D eigenvalue weighted by atomic mass is 10.1. The van der Waals surface area contributed by atoms with Gasteiger partial charge in [-0.2, -0.15) is 0 Å². The molecule has 0 aliphatic heterocycles. The second-order valence-electron chi connectivity index (χ2n) is 4.84. The van der Waals surface area contributed by atoms with E-state index in [9.17, 15) is 0 Å². The molecular formula is C18H17NO3S. The molecule has 0 amide bonds. The van der Waals surface area contributed by atoms with E-state index in [1.165, 1.54) is 0 Å². The summed E-state index contributed by atoms with van der Waals surface area (Å²) in [6.07, 6.45) is 0. The number of benzene rings is 2. The maximum Gasteiger partial charge on any atom is 0.161 e. The van der Waals surface area contributed by atoms with Gasteiger partial charge in [-0.25, -0.2) is 4.98 Å². The van der Waals surface area contributed by atoms with E-state index in [1.807, 2.05) is 47.8 Å². The van der Waals surface area contributed by atoms with E-state index in [-0.39, 0.29) is 0 Å². The van der Waals surface area contributed by atoms with Crippen LogP contribution in [0.5, 0.6) is 17.2 Å². The van der Waals surface area contributed by atoms with Gasteiger partial charge in [0.05, 0.1) is 27.0 Å².